The second kappa shape index (κ2) is 15.0. The highest BCUT2D eigenvalue weighted by Crippen LogP contribution is 2.68. The third kappa shape index (κ3) is 7.66. The molecule has 3 aliphatic rings. The molecule has 3 saturated carbocycles. The molecular formula is C32H51NO8S. The summed E-state index contributed by atoms with van der Waals surface area (Å²) in [5, 5.41) is 27.2. The Balaban J connectivity index is 0.000000675. The summed E-state index contributed by atoms with van der Waals surface area (Å²) in [6.45, 7) is 20.0. The highest BCUT2D eigenvalue weighted by atomic mass is 32.2. The van der Waals surface area contributed by atoms with Crippen LogP contribution in [0.2, 0.25) is 0 Å². The number of aliphatic carboxylic acids is 2. The maximum atomic E-state index is 13.4. The molecule has 42 heavy (non-hydrogen) atoms. The molecule has 3 aliphatic carbocycles. The number of nitrogens with zero attached hydrogens (tertiary/aromatic N) is 1. The van der Waals surface area contributed by atoms with Gasteiger partial charge in [-0.3, -0.25) is 9.59 Å². The summed E-state index contributed by atoms with van der Waals surface area (Å²) in [6.07, 6.45) is 5.76. The number of carboxylic acid groups (broad SMARTS) is 2. The predicted octanol–water partition coefficient (Wildman–Crippen LogP) is 4.68. The summed E-state index contributed by atoms with van der Waals surface area (Å²) in [7, 11) is 0. The van der Waals surface area contributed by atoms with Crippen LogP contribution in [-0.2, 0) is 23.9 Å². The number of carbonyl (C=O) groups is 4. The zero-order chi connectivity index (χ0) is 31.9. The van der Waals surface area contributed by atoms with Crippen LogP contribution < -0.4 is 0 Å². The molecule has 0 amide bonds. The first-order valence-corrected chi connectivity index (χ1v) is 16.3. The van der Waals surface area contributed by atoms with Gasteiger partial charge in [0, 0.05) is 47.6 Å². The van der Waals surface area contributed by atoms with Gasteiger partial charge in [-0.2, -0.15) is 0 Å². The average Bonchev–Trinajstić information content (AvgIpc) is 3.30. The van der Waals surface area contributed by atoms with Crippen molar-refractivity contribution in [3.05, 3.63) is 24.8 Å². The van der Waals surface area contributed by atoms with E-state index in [1.54, 1.807) is 11.8 Å². The lowest BCUT2D eigenvalue weighted by atomic mass is 9.44. The molecule has 2 bridgehead atoms. The fourth-order valence-electron chi connectivity index (χ4n) is 7.73. The summed E-state index contributed by atoms with van der Waals surface area (Å²) in [5.41, 5.74) is -1.25. The van der Waals surface area contributed by atoms with Gasteiger partial charge in [-0.05, 0) is 56.0 Å². The Morgan fingerprint density at radius 3 is 2.21 bits per heavy atom. The molecule has 0 saturated heterocycles. The lowest BCUT2D eigenvalue weighted by Gasteiger charge is -2.61. The Hall–Kier alpha value is -2.17. The Morgan fingerprint density at radius 1 is 1.10 bits per heavy atom. The van der Waals surface area contributed by atoms with Crippen molar-refractivity contribution >= 4 is 35.5 Å². The minimum absolute atomic E-state index is 0.00828. The van der Waals surface area contributed by atoms with E-state index in [9.17, 15) is 24.3 Å². The fourth-order valence-corrected chi connectivity index (χ4v) is 8.49. The standard InChI is InChI=1S/C28H47NO4S.C4H4O4/c1-8-26(6)17-22(33-23(31)18-34-16-15-29(9-2)10-3)27(7)19(4)11-13-28(20(5)25(26)32)14-12-21(30)24(27)28;5-3(6)1-2-4(7)8/h8,19-20,22,24-25,32H,1,9-18H2,2-7H3;1-2H,(H,5,6)(H,7,8)/b;2-1+/t19-,20-,22+,24-,25-,26+,27-,28+;/m0./s1/i2+1,3+1,9+1,10+1;. The van der Waals surface area contributed by atoms with Crippen molar-refractivity contribution in [3.63, 3.8) is 0 Å². The SMILES string of the molecule is C=C[C@]1(C)C[C@@H](OC(=O)CSCCN([13CH2][13CH3])[13CH2][13CH3])[C@@]2(C)[C@@H]3C(=O)CC[C@]3(CC[C@@H]2C)[C@@H](C)[C@@H]1O.O=C(O)/C=C/C(=O)O. The Kier molecular flexibility index (Phi) is 12.9. The van der Waals surface area contributed by atoms with Crippen molar-refractivity contribution in [2.75, 3.05) is 31.1 Å². The van der Waals surface area contributed by atoms with Crippen LogP contribution >= 0.6 is 11.8 Å². The van der Waals surface area contributed by atoms with Gasteiger partial charge < -0.3 is 25.0 Å². The molecular weight excluding hydrogens is 562 g/mol. The van der Waals surface area contributed by atoms with Crippen molar-refractivity contribution in [3.8, 4) is 0 Å². The van der Waals surface area contributed by atoms with E-state index in [0.717, 1.165) is 44.6 Å². The molecule has 9 nitrogen and oxygen atoms in total. The van der Waals surface area contributed by atoms with E-state index < -0.39 is 35.0 Å². The Morgan fingerprint density at radius 2 is 1.69 bits per heavy atom. The minimum atomic E-state index is -1.26. The summed E-state index contributed by atoms with van der Waals surface area (Å²) in [5.74, 6) is -1.14. The maximum absolute atomic E-state index is 13.4. The smallest absolute Gasteiger partial charge is 0.328 e. The third-order valence-corrected chi connectivity index (χ3v) is 11.5. The molecule has 0 heterocycles. The van der Waals surface area contributed by atoms with Crippen molar-refractivity contribution in [1.82, 2.24) is 4.90 Å². The number of aliphatic hydroxyl groups is 1. The van der Waals surface area contributed by atoms with Gasteiger partial charge in [-0.1, -0.05) is 47.6 Å². The molecule has 238 valence electrons. The molecule has 10 heteroatoms. The molecule has 8 atom stereocenters. The minimum Gasteiger partial charge on any atom is -0.478 e. The van der Waals surface area contributed by atoms with Gasteiger partial charge in [0.1, 0.15) is 11.9 Å². The number of carboxylic acids is 2. The molecule has 0 aromatic rings. The number of rotatable bonds is 11. The zero-order valence-electron chi connectivity index (χ0n) is 26.1. The summed E-state index contributed by atoms with van der Waals surface area (Å²) < 4.78 is 6.30. The predicted molar refractivity (Wildman–Crippen MR) is 164 cm³/mol. The first-order chi connectivity index (χ1) is 19.6. The monoisotopic (exact) mass is 613 g/mol. The molecule has 0 aliphatic heterocycles. The van der Waals surface area contributed by atoms with E-state index in [4.69, 9.17) is 14.9 Å². The lowest BCUT2D eigenvalue weighted by molar-refractivity contribution is -0.205. The molecule has 3 fully saturated rings. The largest absolute Gasteiger partial charge is 0.478 e. The van der Waals surface area contributed by atoms with Crippen LogP contribution in [0, 0.1) is 34.0 Å². The van der Waals surface area contributed by atoms with Gasteiger partial charge in [0.2, 0.25) is 0 Å². The van der Waals surface area contributed by atoms with E-state index in [1.165, 1.54) is 0 Å². The van der Waals surface area contributed by atoms with E-state index in [-0.39, 0.29) is 29.1 Å². The number of aliphatic hydroxyl groups excluding tert-OH is 1. The number of ketones is 1. The number of esters is 1. The molecule has 0 spiro atoms. The highest BCUT2D eigenvalue weighted by Gasteiger charge is 2.68. The molecule has 3 N–H and O–H groups in total. The van der Waals surface area contributed by atoms with Gasteiger partial charge in [-0.15, -0.1) is 18.3 Å². The van der Waals surface area contributed by atoms with Crippen molar-refractivity contribution in [1.29, 1.82) is 0 Å². The van der Waals surface area contributed by atoms with Crippen LogP contribution in [0.1, 0.15) is 73.6 Å². The fraction of sp³-hybridized carbons (Fsp3) is 0.750. The number of thioether (sulfide) groups is 1. The average molecular weight is 614 g/mol. The molecule has 0 aromatic carbocycles. The normalized spacial score (nSPS) is 35.9. The van der Waals surface area contributed by atoms with E-state index in [0.29, 0.717) is 36.5 Å². The van der Waals surface area contributed by atoms with E-state index in [2.05, 4.69) is 46.1 Å². The van der Waals surface area contributed by atoms with Crippen LogP contribution in [0.15, 0.2) is 24.8 Å². The van der Waals surface area contributed by atoms with Gasteiger partial charge in [0.05, 0.1) is 11.9 Å². The summed E-state index contributed by atoms with van der Waals surface area (Å²) >= 11 is 1.61. The molecule has 0 aromatic heterocycles. The van der Waals surface area contributed by atoms with Crippen molar-refractivity contribution in [2.45, 2.75) is 85.9 Å². The third-order valence-electron chi connectivity index (χ3n) is 10.6. The van der Waals surface area contributed by atoms with E-state index in [1.807, 2.05) is 13.0 Å². The molecule has 3 rings (SSSR count). The van der Waals surface area contributed by atoms with Crippen LogP contribution in [0.5, 0.6) is 0 Å². The second-order valence-electron chi connectivity index (χ2n) is 12.7. The van der Waals surface area contributed by atoms with Crippen LogP contribution in [0.4, 0.5) is 0 Å². The first kappa shape index (κ1) is 36.0. The molecule has 0 unspecified atom stereocenters. The highest BCUT2D eigenvalue weighted by molar-refractivity contribution is 7.99. The van der Waals surface area contributed by atoms with Crippen molar-refractivity contribution in [2.24, 2.45) is 34.0 Å². The lowest BCUT2D eigenvalue weighted by Crippen LogP contribution is -2.63. The second-order valence-corrected chi connectivity index (χ2v) is 13.8. The van der Waals surface area contributed by atoms with Gasteiger partial charge in [-0.25, -0.2) is 9.59 Å². The van der Waals surface area contributed by atoms with Gasteiger partial charge in [0.25, 0.3) is 0 Å². The Labute approximate surface area is 255 Å². The summed E-state index contributed by atoms with van der Waals surface area (Å²) in [6, 6.07) is 0. The van der Waals surface area contributed by atoms with Crippen LogP contribution in [0.25, 0.3) is 0 Å². The first-order valence-electron chi connectivity index (χ1n) is 15.1. The van der Waals surface area contributed by atoms with Crippen LogP contribution in [0.3, 0.4) is 0 Å². The molecule has 0 radical (unpaired) electrons. The maximum Gasteiger partial charge on any atom is 0.328 e. The topological polar surface area (TPSA) is 141 Å². The Bertz CT molecular complexity index is 1010. The number of hydrogen-bond acceptors (Lipinski definition) is 8. The van der Waals surface area contributed by atoms with Crippen molar-refractivity contribution < 1.29 is 39.2 Å². The summed E-state index contributed by atoms with van der Waals surface area (Å²) in [4.78, 5) is 48.0. The number of Topliss-reactive ketones (excluding diaryl/α,β-unsaturated/α-hetero) is 1. The van der Waals surface area contributed by atoms with E-state index >= 15 is 0 Å². The van der Waals surface area contributed by atoms with Crippen LogP contribution in [-0.4, -0.2) is 87.3 Å². The van der Waals surface area contributed by atoms with Gasteiger partial charge >= 0.3 is 17.9 Å². The van der Waals surface area contributed by atoms with Gasteiger partial charge in [0.15, 0.2) is 0 Å². The number of ether oxygens (including phenoxy) is 1. The zero-order valence-corrected chi connectivity index (χ0v) is 27.0. The quantitative estimate of drug-likeness (QED) is 0.0989. The number of hydrogen-bond donors (Lipinski definition) is 3. The number of carbonyl (C=O) groups excluding carboxylic acids is 2.